The van der Waals surface area contributed by atoms with Gasteiger partial charge in [0, 0.05) is 41.6 Å². The summed E-state index contributed by atoms with van der Waals surface area (Å²) in [5, 5.41) is 12.9. The fourth-order valence-electron chi connectivity index (χ4n) is 4.68. The Morgan fingerprint density at radius 3 is 2.53 bits per heavy atom. The lowest BCUT2D eigenvalue weighted by molar-refractivity contribution is -0.134. The molecule has 2 amide bonds. The standard InChI is InChI=1S/C25H27IN4O2/c1-17(2)22-24(32)30(16-19-5-3-4-18(14-19)15-27)25(28-22)10-12-29(13-11-25)23(31)20-6-8-21(26)9-7-20/h3-9,14,17,22,28H,10-13,16H2,1-2H3. The number of benzene rings is 2. The van der Waals surface area contributed by atoms with E-state index in [9.17, 15) is 14.9 Å². The maximum atomic E-state index is 13.4. The topological polar surface area (TPSA) is 76.4 Å². The Bertz CT molecular complexity index is 1050. The van der Waals surface area contributed by atoms with Crippen molar-refractivity contribution in [3.8, 4) is 6.07 Å². The average molecular weight is 542 g/mol. The Kier molecular flexibility index (Phi) is 6.54. The number of rotatable bonds is 4. The molecule has 2 fully saturated rings. The van der Waals surface area contributed by atoms with E-state index in [-0.39, 0.29) is 23.8 Å². The van der Waals surface area contributed by atoms with E-state index in [1.807, 2.05) is 52.3 Å². The molecule has 32 heavy (non-hydrogen) atoms. The van der Waals surface area contributed by atoms with Gasteiger partial charge in [-0.3, -0.25) is 14.9 Å². The highest BCUT2D eigenvalue weighted by Gasteiger charge is 2.52. The zero-order valence-corrected chi connectivity index (χ0v) is 20.5. The van der Waals surface area contributed by atoms with Gasteiger partial charge in [-0.2, -0.15) is 5.26 Å². The first-order chi connectivity index (χ1) is 15.3. The molecule has 0 aliphatic carbocycles. The minimum Gasteiger partial charge on any atom is -0.338 e. The van der Waals surface area contributed by atoms with E-state index >= 15 is 0 Å². The third-order valence-electron chi connectivity index (χ3n) is 6.51. The lowest BCUT2D eigenvalue weighted by Crippen LogP contribution is -2.59. The van der Waals surface area contributed by atoms with Crippen LogP contribution in [0.5, 0.6) is 0 Å². The molecular weight excluding hydrogens is 515 g/mol. The maximum absolute atomic E-state index is 13.4. The van der Waals surface area contributed by atoms with Gasteiger partial charge in [0.2, 0.25) is 5.91 Å². The highest BCUT2D eigenvalue weighted by Crippen LogP contribution is 2.36. The number of carbonyl (C=O) groups excluding carboxylic acids is 2. The fourth-order valence-corrected chi connectivity index (χ4v) is 5.04. The lowest BCUT2D eigenvalue weighted by atomic mass is 9.94. The SMILES string of the molecule is CC(C)C1NC2(CCN(C(=O)c3ccc(I)cc3)CC2)N(Cc2cccc(C#N)c2)C1=O. The second kappa shape index (κ2) is 9.20. The molecular formula is C25H27IN4O2. The average Bonchev–Trinajstić information content (AvgIpc) is 3.06. The molecule has 2 saturated heterocycles. The van der Waals surface area contributed by atoms with Gasteiger partial charge in [0.25, 0.3) is 5.91 Å². The predicted octanol–water partition coefficient (Wildman–Crippen LogP) is 3.75. The van der Waals surface area contributed by atoms with Crippen LogP contribution in [0.2, 0.25) is 0 Å². The predicted molar refractivity (Wildman–Crippen MR) is 130 cm³/mol. The second-order valence-electron chi connectivity index (χ2n) is 8.93. The number of carbonyl (C=O) groups is 2. The van der Waals surface area contributed by atoms with Crippen molar-refractivity contribution in [2.24, 2.45) is 5.92 Å². The van der Waals surface area contributed by atoms with E-state index in [0.717, 1.165) is 9.13 Å². The molecule has 2 aliphatic rings. The summed E-state index contributed by atoms with van der Waals surface area (Å²) in [5.41, 5.74) is 1.76. The Morgan fingerprint density at radius 2 is 1.91 bits per heavy atom. The van der Waals surface area contributed by atoms with E-state index in [1.54, 1.807) is 6.07 Å². The Labute approximate surface area is 202 Å². The summed E-state index contributed by atoms with van der Waals surface area (Å²) in [6, 6.07) is 17.0. The molecule has 0 aromatic heterocycles. The minimum atomic E-state index is -0.475. The van der Waals surface area contributed by atoms with Gasteiger partial charge in [-0.25, -0.2) is 0 Å². The molecule has 2 aromatic rings. The van der Waals surface area contributed by atoms with Crippen molar-refractivity contribution in [3.05, 3.63) is 68.8 Å². The normalized spacial score (nSPS) is 20.1. The van der Waals surface area contributed by atoms with Crippen molar-refractivity contribution in [1.29, 1.82) is 5.26 Å². The summed E-state index contributed by atoms with van der Waals surface area (Å²) in [4.78, 5) is 30.2. The van der Waals surface area contributed by atoms with Gasteiger partial charge in [0.15, 0.2) is 0 Å². The molecule has 7 heteroatoms. The third kappa shape index (κ3) is 4.39. The summed E-state index contributed by atoms with van der Waals surface area (Å²) >= 11 is 2.23. The van der Waals surface area contributed by atoms with Crippen LogP contribution in [-0.2, 0) is 11.3 Å². The van der Waals surface area contributed by atoms with Crippen LogP contribution < -0.4 is 5.32 Å². The van der Waals surface area contributed by atoms with Crippen molar-refractivity contribution >= 4 is 34.4 Å². The lowest BCUT2D eigenvalue weighted by Gasteiger charge is -2.44. The monoisotopic (exact) mass is 542 g/mol. The number of amides is 2. The molecule has 0 bridgehead atoms. The van der Waals surface area contributed by atoms with Crippen molar-refractivity contribution < 1.29 is 9.59 Å². The number of hydrogen-bond donors (Lipinski definition) is 1. The zero-order chi connectivity index (χ0) is 22.9. The molecule has 0 saturated carbocycles. The molecule has 1 atom stereocenters. The zero-order valence-electron chi connectivity index (χ0n) is 18.3. The molecule has 2 aliphatic heterocycles. The molecule has 1 unspecified atom stereocenters. The van der Waals surface area contributed by atoms with E-state index in [2.05, 4.69) is 47.8 Å². The number of likely N-dealkylation sites (tertiary alicyclic amines) is 1. The Hall–Kier alpha value is -2.44. The number of hydrogen-bond acceptors (Lipinski definition) is 4. The van der Waals surface area contributed by atoms with Crippen molar-refractivity contribution in [1.82, 2.24) is 15.1 Å². The molecule has 4 rings (SSSR count). The van der Waals surface area contributed by atoms with Gasteiger partial charge in [0.1, 0.15) is 0 Å². The number of nitrogens with one attached hydrogen (secondary N) is 1. The van der Waals surface area contributed by atoms with Crippen molar-refractivity contribution in [3.63, 3.8) is 0 Å². The van der Waals surface area contributed by atoms with Gasteiger partial charge in [0.05, 0.1) is 23.3 Å². The molecule has 1 N–H and O–H groups in total. The van der Waals surface area contributed by atoms with Crippen LogP contribution in [0.4, 0.5) is 0 Å². The van der Waals surface area contributed by atoms with Crippen LogP contribution in [-0.4, -0.2) is 46.4 Å². The largest absolute Gasteiger partial charge is 0.338 e. The Balaban J connectivity index is 1.54. The smallest absolute Gasteiger partial charge is 0.253 e. The number of halogens is 1. The summed E-state index contributed by atoms with van der Waals surface area (Å²) in [6.07, 6.45) is 1.35. The fraction of sp³-hybridized carbons (Fsp3) is 0.400. The van der Waals surface area contributed by atoms with Crippen molar-refractivity contribution in [2.75, 3.05) is 13.1 Å². The molecule has 0 radical (unpaired) electrons. The quantitative estimate of drug-likeness (QED) is 0.598. The van der Waals surface area contributed by atoms with Crippen molar-refractivity contribution in [2.45, 2.75) is 44.9 Å². The molecule has 1 spiro atoms. The van der Waals surface area contributed by atoms with Gasteiger partial charge >= 0.3 is 0 Å². The third-order valence-corrected chi connectivity index (χ3v) is 7.22. The first-order valence-electron chi connectivity index (χ1n) is 11.0. The van der Waals surface area contributed by atoms with E-state index in [1.165, 1.54) is 0 Å². The second-order valence-corrected chi connectivity index (χ2v) is 10.2. The Morgan fingerprint density at radius 1 is 1.22 bits per heavy atom. The molecule has 2 aromatic carbocycles. The van der Waals surface area contributed by atoms with Gasteiger partial charge < -0.3 is 9.80 Å². The molecule has 2 heterocycles. The van der Waals surface area contributed by atoms with Crippen LogP contribution >= 0.6 is 22.6 Å². The highest BCUT2D eigenvalue weighted by atomic mass is 127. The first-order valence-corrected chi connectivity index (χ1v) is 12.0. The minimum absolute atomic E-state index is 0.0363. The van der Waals surface area contributed by atoms with E-state index in [0.29, 0.717) is 43.6 Å². The summed E-state index contributed by atoms with van der Waals surface area (Å²) in [5.74, 6) is 0.301. The van der Waals surface area contributed by atoms with Gasteiger partial charge in [-0.05, 0) is 70.5 Å². The maximum Gasteiger partial charge on any atom is 0.253 e. The summed E-state index contributed by atoms with van der Waals surface area (Å²) in [7, 11) is 0. The first kappa shape index (κ1) is 22.7. The van der Waals surface area contributed by atoms with E-state index in [4.69, 9.17) is 0 Å². The summed E-state index contributed by atoms with van der Waals surface area (Å²) < 4.78 is 1.10. The van der Waals surface area contributed by atoms with Gasteiger partial charge in [-0.15, -0.1) is 0 Å². The highest BCUT2D eigenvalue weighted by molar-refractivity contribution is 14.1. The van der Waals surface area contributed by atoms with E-state index < -0.39 is 5.66 Å². The van der Waals surface area contributed by atoms with Crippen LogP contribution in [0.3, 0.4) is 0 Å². The van der Waals surface area contributed by atoms with Crippen LogP contribution in [0.1, 0.15) is 48.2 Å². The van der Waals surface area contributed by atoms with Gasteiger partial charge in [-0.1, -0.05) is 26.0 Å². The number of nitriles is 1. The number of piperidine rings is 1. The summed E-state index contributed by atoms with van der Waals surface area (Å²) in [6.45, 7) is 5.74. The molecule has 6 nitrogen and oxygen atoms in total. The van der Waals surface area contributed by atoms with Crippen LogP contribution in [0, 0.1) is 20.8 Å². The number of nitrogens with zero attached hydrogens (tertiary/aromatic N) is 3. The van der Waals surface area contributed by atoms with Crippen LogP contribution in [0.25, 0.3) is 0 Å². The van der Waals surface area contributed by atoms with Crippen LogP contribution in [0.15, 0.2) is 48.5 Å². The molecule has 166 valence electrons.